The quantitative estimate of drug-likeness (QED) is 0.871. The van der Waals surface area contributed by atoms with Crippen molar-refractivity contribution < 1.29 is 13.9 Å². The first-order chi connectivity index (χ1) is 10.4. The molecule has 0 atom stereocenters. The van der Waals surface area contributed by atoms with Crippen molar-refractivity contribution in [3.8, 4) is 5.75 Å². The summed E-state index contributed by atoms with van der Waals surface area (Å²) in [5.74, 6) is 0.244. The normalized spacial score (nSPS) is 10.4. The van der Waals surface area contributed by atoms with Crippen LogP contribution in [0.2, 0.25) is 0 Å². The van der Waals surface area contributed by atoms with E-state index < -0.39 is 0 Å². The fourth-order valence-electron chi connectivity index (χ4n) is 2.34. The van der Waals surface area contributed by atoms with E-state index in [2.05, 4.69) is 4.98 Å². The minimum Gasteiger partial charge on any atom is -0.496 e. The third-order valence-corrected chi connectivity index (χ3v) is 3.57. The van der Waals surface area contributed by atoms with Gasteiger partial charge in [-0.2, -0.15) is 0 Å². The van der Waals surface area contributed by atoms with Gasteiger partial charge in [-0.05, 0) is 38.1 Å². The van der Waals surface area contributed by atoms with Crippen LogP contribution in [0.3, 0.4) is 0 Å². The topological polar surface area (TPSA) is 42.4 Å². The highest BCUT2D eigenvalue weighted by atomic mass is 19.1. The van der Waals surface area contributed by atoms with Crippen LogP contribution < -0.4 is 4.74 Å². The predicted octanol–water partition coefficient (Wildman–Crippen LogP) is 3.12. The van der Waals surface area contributed by atoms with Gasteiger partial charge in [-0.1, -0.05) is 0 Å². The van der Waals surface area contributed by atoms with Crippen LogP contribution in [0.5, 0.6) is 5.75 Å². The van der Waals surface area contributed by atoms with Crippen LogP contribution in [0.4, 0.5) is 4.39 Å². The van der Waals surface area contributed by atoms with E-state index in [-0.39, 0.29) is 11.7 Å². The number of nitrogens with zero attached hydrogens (tertiary/aromatic N) is 2. The lowest BCUT2D eigenvalue weighted by atomic mass is 10.1. The van der Waals surface area contributed by atoms with Crippen LogP contribution in [-0.4, -0.2) is 29.9 Å². The van der Waals surface area contributed by atoms with Gasteiger partial charge in [0.25, 0.3) is 5.91 Å². The highest BCUT2D eigenvalue weighted by Gasteiger charge is 2.16. The predicted molar refractivity (Wildman–Crippen MR) is 82.5 cm³/mol. The molecule has 0 spiro atoms. The number of carbonyl (C=O) groups excluding carboxylic acids is 1. The zero-order valence-corrected chi connectivity index (χ0v) is 13.2. The summed E-state index contributed by atoms with van der Waals surface area (Å²) in [6.45, 7) is 4.21. The van der Waals surface area contributed by atoms with Gasteiger partial charge in [-0.3, -0.25) is 9.78 Å². The second-order valence-corrected chi connectivity index (χ2v) is 5.21. The maximum atomic E-state index is 12.9. The highest BCUT2D eigenvalue weighted by Crippen LogP contribution is 2.24. The molecular weight excluding hydrogens is 283 g/mol. The first kappa shape index (κ1) is 15.9. The zero-order chi connectivity index (χ0) is 16.3. The van der Waals surface area contributed by atoms with Gasteiger partial charge >= 0.3 is 0 Å². The van der Waals surface area contributed by atoms with Crippen LogP contribution in [0.15, 0.2) is 30.5 Å². The standard InChI is InChI=1S/C17H19FN2O2/c1-11-9-19-15(12(2)16(11)22-4)10-20(3)17(21)13-5-7-14(18)8-6-13/h5-9H,10H2,1-4H3. The van der Waals surface area contributed by atoms with Crippen molar-refractivity contribution in [2.75, 3.05) is 14.2 Å². The molecule has 0 aliphatic heterocycles. The summed E-state index contributed by atoms with van der Waals surface area (Å²) in [4.78, 5) is 18.3. The summed E-state index contributed by atoms with van der Waals surface area (Å²) in [5.41, 5.74) is 3.10. The Kier molecular flexibility index (Phi) is 4.75. The van der Waals surface area contributed by atoms with Gasteiger partial charge < -0.3 is 9.64 Å². The Bertz CT molecular complexity index is 684. The average Bonchev–Trinajstić information content (AvgIpc) is 2.50. The van der Waals surface area contributed by atoms with E-state index in [0.717, 1.165) is 22.6 Å². The lowest BCUT2D eigenvalue weighted by Gasteiger charge is -2.19. The van der Waals surface area contributed by atoms with Crippen LogP contribution >= 0.6 is 0 Å². The van der Waals surface area contributed by atoms with Crippen molar-refractivity contribution in [1.82, 2.24) is 9.88 Å². The number of hydrogen-bond acceptors (Lipinski definition) is 3. The largest absolute Gasteiger partial charge is 0.496 e. The SMILES string of the molecule is COc1c(C)cnc(CN(C)C(=O)c2ccc(F)cc2)c1C. The highest BCUT2D eigenvalue weighted by molar-refractivity contribution is 5.93. The van der Waals surface area contributed by atoms with Gasteiger partial charge in [0, 0.05) is 29.9 Å². The number of amides is 1. The second-order valence-electron chi connectivity index (χ2n) is 5.21. The van der Waals surface area contributed by atoms with E-state index in [4.69, 9.17) is 4.74 Å². The van der Waals surface area contributed by atoms with Crippen LogP contribution in [0, 0.1) is 19.7 Å². The molecule has 22 heavy (non-hydrogen) atoms. The van der Waals surface area contributed by atoms with Crippen molar-refractivity contribution in [3.63, 3.8) is 0 Å². The maximum Gasteiger partial charge on any atom is 0.253 e. The average molecular weight is 302 g/mol. The van der Waals surface area contributed by atoms with E-state index in [1.807, 2.05) is 13.8 Å². The van der Waals surface area contributed by atoms with Crippen LogP contribution in [-0.2, 0) is 6.54 Å². The summed E-state index contributed by atoms with van der Waals surface area (Å²) in [7, 11) is 3.31. The molecule has 4 nitrogen and oxygen atoms in total. The number of rotatable bonds is 4. The van der Waals surface area contributed by atoms with Gasteiger partial charge in [0.05, 0.1) is 19.3 Å². The third-order valence-electron chi connectivity index (χ3n) is 3.57. The number of methoxy groups -OCH3 is 1. The zero-order valence-electron chi connectivity index (χ0n) is 13.2. The lowest BCUT2D eigenvalue weighted by molar-refractivity contribution is 0.0783. The van der Waals surface area contributed by atoms with Gasteiger partial charge in [-0.15, -0.1) is 0 Å². The summed E-state index contributed by atoms with van der Waals surface area (Å²) in [5, 5.41) is 0. The number of carbonyl (C=O) groups is 1. The molecule has 1 aromatic heterocycles. The molecule has 2 aromatic rings. The van der Waals surface area contributed by atoms with Crippen LogP contribution in [0.1, 0.15) is 27.2 Å². The maximum absolute atomic E-state index is 12.9. The van der Waals surface area contributed by atoms with E-state index in [1.54, 1.807) is 25.3 Å². The van der Waals surface area contributed by atoms with E-state index >= 15 is 0 Å². The summed E-state index contributed by atoms with van der Waals surface area (Å²) < 4.78 is 18.3. The minimum absolute atomic E-state index is 0.180. The molecule has 2 rings (SSSR count). The second kappa shape index (κ2) is 6.56. The molecule has 0 radical (unpaired) electrons. The monoisotopic (exact) mass is 302 g/mol. The fraction of sp³-hybridized carbons (Fsp3) is 0.294. The Hall–Kier alpha value is -2.43. The number of aromatic nitrogens is 1. The smallest absolute Gasteiger partial charge is 0.253 e. The Morgan fingerprint density at radius 2 is 1.91 bits per heavy atom. The molecule has 0 unspecified atom stereocenters. The van der Waals surface area contributed by atoms with Crippen molar-refractivity contribution >= 4 is 5.91 Å². The molecule has 116 valence electrons. The molecule has 0 aliphatic carbocycles. The van der Waals surface area contributed by atoms with Gasteiger partial charge in [0.15, 0.2) is 0 Å². The molecule has 0 N–H and O–H groups in total. The Morgan fingerprint density at radius 3 is 2.50 bits per heavy atom. The van der Waals surface area contributed by atoms with Crippen molar-refractivity contribution in [2.24, 2.45) is 0 Å². The van der Waals surface area contributed by atoms with Crippen molar-refractivity contribution in [1.29, 1.82) is 0 Å². The molecule has 1 aromatic carbocycles. The summed E-state index contributed by atoms with van der Waals surface area (Å²) in [6, 6.07) is 5.51. The molecule has 0 aliphatic rings. The number of pyridine rings is 1. The molecule has 1 heterocycles. The molecule has 1 amide bonds. The van der Waals surface area contributed by atoms with E-state index in [0.29, 0.717) is 12.1 Å². The Balaban J connectivity index is 2.20. The molecule has 0 bridgehead atoms. The lowest BCUT2D eigenvalue weighted by Crippen LogP contribution is -2.27. The molecule has 0 fully saturated rings. The van der Waals surface area contributed by atoms with Crippen LogP contribution in [0.25, 0.3) is 0 Å². The van der Waals surface area contributed by atoms with Crippen molar-refractivity contribution in [3.05, 3.63) is 58.7 Å². The summed E-state index contributed by atoms with van der Waals surface area (Å²) >= 11 is 0. The number of ether oxygens (including phenoxy) is 1. The molecule has 5 heteroatoms. The van der Waals surface area contributed by atoms with Gasteiger partial charge in [0.1, 0.15) is 11.6 Å². The Labute approximate surface area is 129 Å². The van der Waals surface area contributed by atoms with Gasteiger partial charge in [-0.25, -0.2) is 4.39 Å². The molecule has 0 saturated carbocycles. The fourth-order valence-corrected chi connectivity index (χ4v) is 2.34. The van der Waals surface area contributed by atoms with Gasteiger partial charge in [0.2, 0.25) is 0 Å². The van der Waals surface area contributed by atoms with E-state index in [1.165, 1.54) is 24.3 Å². The minimum atomic E-state index is -0.361. The molecule has 0 saturated heterocycles. The number of benzene rings is 1. The Morgan fingerprint density at radius 1 is 1.27 bits per heavy atom. The summed E-state index contributed by atoms with van der Waals surface area (Å²) in [6.07, 6.45) is 1.73. The first-order valence-corrected chi connectivity index (χ1v) is 6.94. The van der Waals surface area contributed by atoms with Crippen molar-refractivity contribution in [2.45, 2.75) is 20.4 Å². The number of halogens is 1. The van der Waals surface area contributed by atoms with E-state index in [9.17, 15) is 9.18 Å². The third kappa shape index (κ3) is 3.24. The number of hydrogen-bond donors (Lipinski definition) is 0. The first-order valence-electron chi connectivity index (χ1n) is 6.94. The number of aryl methyl sites for hydroxylation is 1. The molecular formula is C17H19FN2O2.